The van der Waals surface area contributed by atoms with Gasteiger partial charge in [0.2, 0.25) is 0 Å². The van der Waals surface area contributed by atoms with E-state index in [1.165, 1.54) is 6.07 Å². The zero-order chi connectivity index (χ0) is 28.4. The van der Waals surface area contributed by atoms with Crippen molar-refractivity contribution in [1.29, 1.82) is 0 Å². The highest BCUT2D eigenvalue weighted by Gasteiger charge is 2.45. The Morgan fingerprint density at radius 2 is 2.00 bits per heavy atom. The Bertz CT molecular complexity index is 1540. The molecule has 0 radical (unpaired) electrons. The number of anilines is 1. The Labute approximate surface area is 234 Å². The second-order valence-corrected chi connectivity index (χ2v) is 13.0. The fourth-order valence-corrected chi connectivity index (χ4v) is 6.18. The number of sulfone groups is 1. The van der Waals surface area contributed by atoms with Crippen LogP contribution in [-0.2, 0) is 27.6 Å². The van der Waals surface area contributed by atoms with Crippen LogP contribution in [0, 0.1) is 18.7 Å². The number of carboxylic acid groups (broad SMARTS) is 1. The van der Waals surface area contributed by atoms with Gasteiger partial charge in [-0.2, -0.15) is 0 Å². The Morgan fingerprint density at radius 1 is 1.18 bits per heavy atom. The van der Waals surface area contributed by atoms with Gasteiger partial charge in [0.05, 0.1) is 24.9 Å². The lowest BCUT2D eigenvalue weighted by Gasteiger charge is -2.16. The maximum atomic E-state index is 14.7. The van der Waals surface area contributed by atoms with E-state index in [9.17, 15) is 17.6 Å². The first-order chi connectivity index (χ1) is 19.1. The van der Waals surface area contributed by atoms with Gasteiger partial charge < -0.3 is 19.9 Å². The van der Waals surface area contributed by atoms with Gasteiger partial charge in [0.15, 0.2) is 0 Å². The lowest BCUT2D eigenvalue weighted by atomic mass is 9.92. The highest BCUT2D eigenvalue weighted by Crippen LogP contribution is 2.48. The summed E-state index contributed by atoms with van der Waals surface area (Å²) in [5, 5.41) is 12.4. The van der Waals surface area contributed by atoms with E-state index in [4.69, 9.17) is 14.6 Å². The summed E-state index contributed by atoms with van der Waals surface area (Å²) in [6.07, 6.45) is 1.65. The molecule has 212 valence electrons. The van der Waals surface area contributed by atoms with Crippen molar-refractivity contribution in [3.63, 3.8) is 0 Å². The van der Waals surface area contributed by atoms with E-state index in [0.29, 0.717) is 43.9 Å². The van der Waals surface area contributed by atoms with Crippen molar-refractivity contribution in [2.24, 2.45) is 5.92 Å². The van der Waals surface area contributed by atoms with E-state index in [1.54, 1.807) is 19.1 Å². The van der Waals surface area contributed by atoms with Gasteiger partial charge in [-0.1, -0.05) is 19.1 Å². The number of hydrogen-bond donors (Lipinski definition) is 2. The molecule has 0 saturated heterocycles. The third-order valence-electron chi connectivity index (χ3n) is 7.65. The van der Waals surface area contributed by atoms with Crippen LogP contribution in [0.15, 0.2) is 48.5 Å². The molecule has 1 aliphatic carbocycles. The summed E-state index contributed by atoms with van der Waals surface area (Å²) in [6.45, 7) is 5.03. The first-order valence-corrected chi connectivity index (χ1v) is 15.5. The molecule has 3 aromatic carbocycles. The highest BCUT2D eigenvalue weighted by atomic mass is 32.2. The number of hydrogen-bond acceptors (Lipinski definition) is 6. The number of carboxylic acids is 1. The molecular weight excluding hydrogens is 533 g/mol. The van der Waals surface area contributed by atoms with Crippen LogP contribution in [0.2, 0.25) is 0 Å². The summed E-state index contributed by atoms with van der Waals surface area (Å²) in [7, 11) is -3.01. The van der Waals surface area contributed by atoms with Gasteiger partial charge >= 0.3 is 5.97 Å². The topological polar surface area (TPSA) is 102 Å². The first kappa shape index (κ1) is 28.0. The van der Waals surface area contributed by atoms with Crippen LogP contribution in [0.1, 0.15) is 47.9 Å². The van der Waals surface area contributed by atoms with Crippen molar-refractivity contribution < 1.29 is 32.2 Å². The minimum atomic E-state index is -3.01. The van der Waals surface area contributed by atoms with Gasteiger partial charge in [-0.3, -0.25) is 4.79 Å². The number of ether oxygens (including phenoxy) is 2. The first-order valence-electron chi connectivity index (χ1n) is 13.6. The fourth-order valence-electron chi connectivity index (χ4n) is 5.34. The van der Waals surface area contributed by atoms with Crippen LogP contribution >= 0.6 is 0 Å². The number of rotatable bonds is 11. The van der Waals surface area contributed by atoms with E-state index >= 15 is 0 Å². The van der Waals surface area contributed by atoms with Crippen LogP contribution in [0.3, 0.4) is 0 Å². The van der Waals surface area contributed by atoms with Gasteiger partial charge in [-0.15, -0.1) is 0 Å². The quantitative estimate of drug-likeness (QED) is 0.285. The third kappa shape index (κ3) is 6.25. The minimum Gasteiger partial charge on any atom is -0.494 e. The number of nitrogens with one attached hydrogen (secondary N) is 1. The van der Waals surface area contributed by atoms with Crippen LogP contribution in [0.4, 0.5) is 10.1 Å². The van der Waals surface area contributed by atoms with Crippen molar-refractivity contribution in [3.05, 3.63) is 76.6 Å². The van der Waals surface area contributed by atoms with E-state index < -0.39 is 21.7 Å². The predicted octanol–water partition coefficient (Wildman–Crippen LogP) is 5.74. The zero-order valence-electron chi connectivity index (χ0n) is 22.7. The van der Waals surface area contributed by atoms with Crippen LogP contribution in [0.5, 0.6) is 11.5 Å². The summed E-state index contributed by atoms with van der Waals surface area (Å²) >= 11 is 0. The van der Waals surface area contributed by atoms with E-state index in [1.807, 2.05) is 31.2 Å². The smallest absolute Gasteiger partial charge is 0.307 e. The molecule has 1 saturated carbocycles. The van der Waals surface area contributed by atoms with Crippen LogP contribution in [0.25, 0.3) is 11.1 Å². The average Bonchev–Trinajstić information content (AvgIpc) is 3.73. The van der Waals surface area contributed by atoms with E-state index in [-0.39, 0.29) is 23.2 Å². The number of benzene rings is 3. The number of carbonyl (C=O) groups is 1. The summed E-state index contributed by atoms with van der Waals surface area (Å²) in [5.41, 5.74) is 6.33. The third-order valence-corrected chi connectivity index (χ3v) is 9.44. The number of fused-ring (bicyclic) bond motifs is 3. The molecule has 2 N–H and O–H groups in total. The highest BCUT2D eigenvalue weighted by molar-refractivity contribution is 7.91. The largest absolute Gasteiger partial charge is 0.494 e. The van der Waals surface area contributed by atoms with Crippen LogP contribution in [-0.4, -0.2) is 44.2 Å². The van der Waals surface area contributed by atoms with Crippen molar-refractivity contribution >= 4 is 21.5 Å². The predicted molar refractivity (Wildman–Crippen MR) is 152 cm³/mol. The normalized spacial score (nSPS) is 17.7. The molecule has 0 bridgehead atoms. The van der Waals surface area contributed by atoms with Crippen molar-refractivity contribution in [1.82, 2.24) is 0 Å². The summed E-state index contributed by atoms with van der Waals surface area (Å²) in [5.74, 6) is -0.220. The van der Waals surface area contributed by atoms with Gasteiger partial charge in [-0.05, 0) is 84.0 Å². The lowest BCUT2D eigenvalue weighted by Crippen LogP contribution is -2.12. The van der Waals surface area contributed by atoms with Gasteiger partial charge in [0, 0.05) is 35.9 Å². The molecule has 0 spiro atoms. The zero-order valence-corrected chi connectivity index (χ0v) is 23.5. The standard InChI is InChI=1S/C31H34FNO6S/c1-3-40(36,37)12-4-10-38-23-13-19(2)30-21(15-23)9-11-39-29-8-5-20(14-27(29)30)18-33-22-6-7-24(28(32)16-22)25-17-26(25)31(34)35/h5-8,13-16,25-26,33H,3-4,9-12,17-18H2,1-2H3,(H,34,35)/t25-,26+/m1/s1. The maximum Gasteiger partial charge on any atom is 0.307 e. The Morgan fingerprint density at radius 3 is 2.73 bits per heavy atom. The Kier molecular flexibility index (Phi) is 8.03. The molecule has 40 heavy (non-hydrogen) atoms. The average molecular weight is 568 g/mol. The molecule has 5 rings (SSSR count). The summed E-state index contributed by atoms with van der Waals surface area (Å²) in [6, 6.07) is 14.9. The fraction of sp³-hybridized carbons (Fsp3) is 0.387. The molecule has 3 aromatic rings. The van der Waals surface area contributed by atoms with Gasteiger partial charge in [-0.25, -0.2) is 12.8 Å². The molecule has 7 nitrogen and oxygen atoms in total. The Balaban J connectivity index is 1.29. The maximum absolute atomic E-state index is 14.7. The van der Waals surface area contributed by atoms with Crippen molar-refractivity contribution in [3.8, 4) is 22.6 Å². The number of halogens is 1. The molecule has 0 amide bonds. The van der Waals surface area contributed by atoms with Gasteiger partial charge in [0.1, 0.15) is 27.2 Å². The molecule has 1 aliphatic heterocycles. The number of aliphatic carboxylic acids is 1. The second kappa shape index (κ2) is 11.5. The lowest BCUT2D eigenvalue weighted by molar-refractivity contribution is -0.138. The van der Waals surface area contributed by atoms with Crippen LogP contribution < -0.4 is 14.8 Å². The molecule has 2 atom stereocenters. The molecule has 2 aliphatic rings. The molecule has 0 unspecified atom stereocenters. The summed E-state index contributed by atoms with van der Waals surface area (Å²) in [4.78, 5) is 11.1. The van der Waals surface area contributed by atoms with Crippen molar-refractivity contribution in [2.45, 2.75) is 45.6 Å². The van der Waals surface area contributed by atoms with E-state index in [0.717, 1.165) is 45.7 Å². The summed E-state index contributed by atoms with van der Waals surface area (Å²) < 4.78 is 50.2. The Hall–Kier alpha value is -3.59. The van der Waals surface area contributed by atoms with E-state index in [2.05, 4.69) is 11.4 Å². The molecule has 9 heteroatoms. The minimum absolute atomic E-state index is 0.119. The van der Waals surface area contributed by atoms with Crippen molar-refractivity contribution in [2.75, 3.05) is 30.0 Å². The molecule has 1 fully saturated rings. The SMILES string of the molecule is CCS(=O)(=O)CCCOc1cc(C)c2c(c1)CCOc1ccc(CNc3ccc([C@H]4C[C@@H]4C(=O)O)c(F)c3)cc1-2. The van der Waals surface area contributed by atoms with Gasteiger partial charge in [0.25, 0.3) is 0 Å². The molecule has 1 heterocycles. The number of aryl methyl sites for hydroxylation is 1. The molecular formula is C31H34FNO6S. The monoisotopic (exact) mass is 567 g/mol. The second-order valence-electron chi connectivity index (χ2n) is 10.5. The molecule has 0 aromatic heterocycles.